The molecule has 41 N–H and O–H groups in total. The van der Waals surface area contributed by atoms with Crippen LogP contribution in [0.5, 0.6) is 0 Å². The van der Waals surface area contributed by atoms with E-state index in [2.05, 4.69) is 32.7 Å². The third kappa shape index (κ3) is 199. The summed E-state index contributed by atoms with van der Waals surface area (Å²) in [6.45, 7) is 25.4. The first-order valence-corrected chi connectivity index (χ1v) is 67.9. The van der Waals surface area contributed by atoms with E-state index in [1.165, 1.54) is 71.1 Å². The van der Waals surface area contributed by atoms with Crippen LogP contribution in [-0.2, 0) is 241 Å². The number of halogens is 12. The summed E-state index contributed by atoms with van der Waals surface area (Å²) in [6, 6.07) is 6.21. The topological polar surface area (TPSA) is 990 Å². The smallest absolute Gasteiger partial charge is 0.693 e. The largest absolute Gasteiger partial charge is 2.00 e. The van der Waals surface area contributed by atoms with Crippen molar-refractivity contribution in [1.29, 1.82) is 0 Å². The summed E-state index contributed by atoms with van der Waals surface area (Å²) in [6.07, 6.45) is 18.1. The van der Waals surface area contributed by atoms with E-state index in [1.807, 2.05) is 52.8 Å². The molecule has 6 fully saturated rings. The molecule has 5 aliphatic carbocycles. The number of hydrogen-bond donors (Lipinski definition) is 12. The van der Waals surface area contributed by atoms with Gasteiger partial charge in [-0.3, -0.25) is 33.8 Å². The number of carbonyl (C=O) groups is 10. The van der Waals surface area contributed by atoms with E-state index in [4.69, 9.17) is 259 Å². The third-order valence-corrected chi connectivity index (χ3v) is 13.2. The standard InChI is InChI=1S/C8H16N2O2.C7H13N.2C6H12N2.C6H7N.C6H12N.C6H8O4.C4H9.C3H8N.C3H4O4.C3H6O3.C2H2O4.C2H4O3.2C2H4O2.12ClH.8H2N.2H2O.10Pt/c1-5(2)8-11-6(3-9)7(4-10)12-8;1-6-4-2-3-5-7(6)8;7-3-5-1-2-6(5)4-8;7-5-3-1-2-4-6(5)8;1-6-4-2-3-5-7-6;7-6-4-2-1-3-5-6;7-4(8)6(5(9)10)2-1-3-6;1-4(2)3;1-3(2)4;4-2(5)1-3(6)7;1-2(4)3(5)6;3-1(4)2(5)6;3-1-2(4)5;2*1-2(3)4;;;;;;;;;;;;;;;;;;;;;;;;;;;;;;;;/h5-10H,3-4H2,1-2H3;6-8H,1-5H2;2*5-8H,1-4H2;2-5H,1H3;6-7H,1-5H2;1-3H2,(H,7,8)(H,9,10);4H,1H2,2-3H3;3-4H,1-2H3;1H2,(H,4,5)(H,6,7);2,4H,1H3,(H,5,6);(H,3,4)(H,5,6);3H,1H2,(H,4,5);2*1H3,(H,3,4);12*1H;10*1H2;;;;;;;;;;/q4*-2;;-1;;2*-1;;;;;;;;;;;;;;;;;;;8*-1;;;6*+2;3*+4;+6/p-12/t6-,7-;6-,7?;;5-,6-;;;;;;;;;;;;;;;;;;;;;;;;;;;;;;;;;;;;;;;;;;;/m01.1.........................................../s1. The van der Waals surface area contributed by atoms with Crippen molar-refractivity contribution < 1.29 is 313 Å². The molecule has 1 aromatic rings. The maximum Gasteiger partial charge on any atom is 2.00 e. The Hall–Kier alpha value is 3.29. The van der Waals surface area contributed by atoms with Gasteiger partial charge in [-0.25, -0.2) is 19.2 Å². The van der Waals surface area contributed by atoms with Crippen LogP contribution in [0.25, 0.3) is 101 Å². The van der Waals surface area contributed by atoms with E-state index in [-0.39, 0.29) is 240 Å². The molecule has 2 heterocycles. The molecule has 1 aliphatic heterocycles. The molecule has 66 heteroatoms. The van der Waals surface area contributed by atoms with Crippen LogP contribution in [-0.4, -0.2) is 225 Å². The number of rotatable bonds is 11. The normalized spacial score (nSPS) is 17.2. The minimum atomic E-state index is -3.06. The average Bonchev–Trinajstić information content (AvgIpc) is 1.31. The molecule has 7 rings (SSSR count). The van der Waals surface area contributed by atoms with Crippen molar-refractivity contribution >= 4 is 173 Å². The quantitative estimate of drug-likeness (QED) is 0.0556. The van der Waals surface area contributed by atoms with Crippen molar-refractivity contribution in [2.75, 3.05) is 32.8 Å². The molecule has 0 bridgehead atoms. The summed E-state index contributed by atoms with van der Waals surface area (Å²) >= 11 is -4.94. The third-order valence-electron chi connectivity index (χ3n) is 13.2. The molecular weight excluding hydrogens is 3840 g/mol. The molecule has 836 valence electrons. The van der Waals surface area contributed by atoms with E-state index in [1.54, 1.807) is 6.20 Å². The number of aryl methyl sites for hydroxylation is 1. The van der Waals surface area contributed by atoms with E-state index in [9.17, 15) is 24.0 Å². The Labute approximate surface area is 937 Å². The van der Waals surface area contributed by atoms with Crippen molar-refractivity contribution in [1.82, 2.24) is 4.98 Å². The molecule has 6 aliphatic rings. The van der Waals surface area contributed by atoms with Crippen LogP contribution in [0.3, 0.4) is 0 Å². The SMILES string of the molecule is CC(=O)O.CC(=O)O.CC(C)C1O[C@@H](C[NH-])[C@H](C[NH-])O1.CC(C)[NH-].CC(O)C(=O)O.Cc1ccccn1.O.O.O=C(O)C(=O)O.O=C(O)C1(C(=O)O)CCC1.O=C(O)CC(=O)O.O=C(O)CO.[CH2-]C(C)C.[CH2-][C@@H]1CCCCC1[NH-].[Cl][Pt+2]([Cl])([Cl])[Cl].[Cl][Pt+2][Cl].[Cl][Pt+2][Cl].[Cl][Pt+2][Cl].[Cl][Pt][Cl].[NH-]C1CCCCC1.[NH-]CC1CCC1C[NH-].[NH-][C@@H]1CCCC[C@H]1[NH-].[NH2-].[NH2-].[NH2-].[NH2-].[NH2-].[NH2-].[NH2-].[NH2-].[Pt+2].[Pt+2].[Pt+2].[Pt+2].[Pt+2]. The molecule has 9 atom stereocenters. The van der Waals surface area contributed by atoms with Crippen LogP contribution in [0.1, 0.15) is 190 Å². The monoisotopic (exact) mass is 3970 g/mol. The molecule has 0 amide bonds. The van der Waals surface area contributed by atoms with E-state index < -0.39 is 162 Å². The van der Waals surface area contributed by atoms with Gasteiger partial charge in [0.05, 0.1) is 12.2 Å². The van der Waals surface area contributed by atoms with Crippen LogP contribution in [0.4, 0.5) is 0 Å². The van der Waals surface area contributed by atoms with Crippen LogP contribution in [0.2, 0.25) is 0 Å². The number of aliphatic carboxylic acids is 10. The molecule has 0 aromatic carbocycles. The number of nitrogens with one attached hydrogen (secondary N) is 9. The second-order valence-corrected chi connectivity index (χ2v) is 57.4. The number of hydrogen-bond acceptors (Lipinski definition) is 15. The van der Waals surface area contributed by atoms with Gasteiger partial charge in [0.2, 0.25) is 0 Å². The van der Waals surface area contributed by atoms with Gasteiger partial charge in [0.15, 0.2) is 11.7 Å². The number of carboxylic acids is 10. The fourth-order valence-corrected chi connectivity index (χ4v) is 7.47. The van der Waals surface area contributed by atoms with Gasteiger partial charge in [-0.05, 0) is 45.2 Å². The molecule has 1 saturated heterocycles. The molecule has 0 spiro atoms. The summed E-state index contributed by atoms with van der Waals surface area (Å²) in [4.78, 5) is 98.3. The number of aliphatic hydroxyl groups is 2. The van der Waals surface area contributed by atoms with Crippen molar-refractivity contribution in [2.24, 2.45) is 35.0 Å². The summed E-state index contributed by atoms with van der Waals surface area (Å²) in [5.41, 5.74) is 63.9. The van der Waals surface area contributed by atoms with Crippen LogP contribution < -0.4 is 0 Å². The predicted molar refractivity (Wildman–Crippen MR) is 498 cm³/mol. The molecule has 132 heavy (non-hydrogen) atoms. The molecule has 5 saturated carbocycles. The second-order valence-electron chi connectivity index (χ2n) is 24.6. The zero-order valence-corrected chi connectivity index (χ0v) is 105. The Bertz CT molecular complexity index is 2400. The van der Waals surface area contributed by atoms with Crippen molar-refractivity contribution in [3.05, 3.63) is 145 Å². The van der Waals surface area contributed by atoms with Crippen molar-refractivity contribution in [2.45, 2.75) is 246 Å². The molecule has 0 radical (unpaired) electrons. The maximum atomic E-state index is 10.4. The summed E-state index contributed by atoms with van der Waals surface area (Å²) in [5, 5.41) is 92.8. The number of carboxylic acid groups (broad SMARTS) is 10. The van der Waals surface area contributed by atoms with Gasteiger partial charge in [0, 0.05) is 31.7 Å². The van der Waals surface area contributed by atoms with Gasteiger partial charge in [0.1, 0.15) is 19.1 Å². The first kappa shape index (κ1) is 212. The van der Waals surface area contributed by atoms with Gasteiger partial charge >= 0.3 is 344 Å². The van der Waals surface area contributed by atoms with E-state index >= 15 is 0 Å². The van der Waals surface area contributed by atoms with Gasteiger partial charge in [-0.2, -0.15) is 30.0 Å². The predicted octanol–water partition coefficient (Wildman–Crippen LogP) is 25.6. The van der Waals surface area contributed by atoms with Gasteiger partial charge < -0.3 is 196 Å². The number of ether oxygens (including phenoxy) is 2. The van der Waals surface area contributed by atoms with Crippen LogP contribution >= 0.6 is 113 Å². The number of aliphatic hydroxyl groups excluding tert-OH is 2. The van der Waals surface area contributed by atoms with Crippen molar-refractivity contribution in [3.8, 4) is 0 Å². The van der Waals surface area contributed by atoms with Crippen LogP contribution in [0, 0.1) is 55.8 Å². The Morgan fingerprint density at radius 2 is 0.758 bits per heavy atom. The Kier molecular flexibility index (Phi) is 244. The second kappa shape index (κ2) is 152. The minimum absolute atomic E-state index is 0. The average molecular weight is 3980 g/mol. The van der Waals surface area contributed by atoms with Gasteiger partial charge in [0.25, 0.3) is 11.9 Å². The Morgan fingerprint density at radius 1 is 0.515 bits per heavy atom. The minimum Gasteiger partial charge on any atom is -0.693 e. The first-order chi connectivity index (χ1) is 53.8. The number of pyridine rings is 1. The molecule has 4 unspecified atom stereocenters. The van der Waals surface area contributed by atoms with Crippen molar-refractivity contribution in [3.63, 3.8) is 0 Å². The van der Waals surface area contributed by atoms with E-state index in [0.29, 0.717) is 49.1 Å². The Balaban J connectivity index is -0.0000000333. The zero-order chi connectivity index (χ0) is 95.2. The van der Waals surface area contributed by atoms with Gasteiger partial charge in [-0.15, -0.1) is 38.3 Å². The fraction of sp³-hybridized carbons (Fsp3) is 0.742. The number of aromatic nitrogens is 1. The Morgan fingerprint density at radius 3 is 0.848 bits per heavy atom. The number of nitrogens with two attached hydrogens (primary N) is 8. The summed E-state index contributed by atoms with van der Waals surface area (Å²) in [7, 11) is 59.0. The molecule has 1 aromatic heterocycles. The zero-order valence-electron chi connectivity index (χ0n) is 73.3. The molecular formula is C66H141Cl12N18O26Pt10-. The van der Waals surface area contributed by atoms with E-state index in [0.717, 1.165) is 51.6 Å². The van der Waals surface area contributed by atoms with Crippen LogP contribution in [0.15, 0.2) is 24.4 Å². The molecule has 44 nitrogen and oxygen atoms in total. The van der Waals surface area contributed by atoms with Gasteiger partial charge in [-0.1, -0.05) is 156 Å². The number of nitrogens with zero attached hydrogens (tertiary/aromatic N) is 1. The fourth-order valence-electron chi connectivity index (χ4n) is 7.47. The summed E-state index contributed by atoms with van der Waals surface area (Å²) < 4.78 is 10.9. The first-order valence-electron chi connectivity index (χ1n) is 34.1. The summed E-state index contributed by atoms with van der Waals surface area (Å²) in [5.74, 6) is -10.3. The maximum absolute atomic E-state index is 10.4.